The SMILES string of the molecule is COC(=O)c1cc(Cl)c(OCc2ccccc2)c(OC)c1. The Bertz CT molecular complexity index is 626. The minimum absolute atomic E-state index is 0.297. The van der Waals surface area contributed by atoms with Crippen LogP contribution in [-0.4, -0.2) is 20.2 Å². The van der Waals surface area contributed by atoms with Crippen LogP contribution in [0, 0.1) is 0 Å². The Hall–Kier alpha value is -2.20. The predicted octanol–water partition coefficient (Wildman–Crippen LogP) is 3.71. The van der Waals surface area contributed by atoms with E-state index in [0.717, 1.165) is 5.56 Å². The van der Waals surface area contributed by atoms with Gasteiger partial charge in [0.2, 0.25) is 0 Å². The number of benzene rings is 2. The summed E-state index contributed by atoms with van der Waals surface area (Å²) in [5, 5.41) is 0.297. The lowest BCUT2D eigenvalue weighted by molar-refractivity contribution is 0.0600. The molecule has 0 fully saturated rings. The first-order chi connectivity index (χ1) is 10.2. The van der Waals surface area contributed by atoms with E-state index in [2.05, 4.69) is 4.74 Å². The Morgan fingerprint density at radius 1 is 1.14 bits per heavy atom. The van der Waals surface area contributed by atoms with Gasteiger partial charge in [0.05, 0.1) is 24.8 Å². The van der Waals surface area contributed by atoms with Crippen LogP contribution in [0.2, 0.25) is 5.02 Å². The second-order valence-corrected chi connectivity index (χ2v) is 4.66. The second-order valence-electron chi connectivity index (χ2n) is 4.26. The fraction of sp³-hybridized carbons (Fsp3) is 0.188. The molecular formula is C16H15ClO4. The molecule has 0 unspecified atom stereocenters. The number of hydrogen-bond donors (Lipinski definition) is 0. The van der Waals surface area contributed by atoms with Crippen molar-refractivity contribution < 1.29 is 19.0 Å². The van der Waals surface area contributed by atoms with Crippen molar-refractivity contribution >= 4 is 17.6 Å². The molecule has 0 bridgehead atoms. The molecule has 0 atom stereocenters. The van der Waals surface area contributed by atoms with E-state index in [-0.39, 0.29) is 0 Å². The van der Waals surface area contributed by atoms with E-state index < -0.39 is 5.97 Å². The molecule has 0 N–H and O–H groups in total. The van der Waals surface area contributed by atoms with Gasteiger partial charge in [-0.25, -0.2) is 4.79 Å². The van der Waals surface area contributed by atoms with E-state index in [4.69, 9.17) is 21.1 Å². The highest BCUT2D eigenvalue weighted by atomic mass is 35.5. The third-order valence-electron chi connectivity index (χ3n) is 2.88. The van der Waals surface area contributed by atoms with Gasteiger partial charge in [-0.2, -0.15) is 0 Å². The summed E-state index contributed by atoms with van der Waals surface area (Å²) in [4.78, 5) is 11.5. The van der Waals surface area contributed by atoms with E-state index in [9.17, 15) is 4.79 Å². The quantitative estimate of drug-likeness (QED) is 0.790. The molecule has 0 heterocycles. The summed E-state index contributed by atoms with van der Waals surface area (Å²) in [6.45, 7) is 0.356. The van der Waals surface area contributed by atoms with Gasteiger partial charge in [-0.3, -0.25) is 0 Å². The summed E-state index contributed by atoms with van der Waals surface area (Å²) < 4.78 is 15.6. The van der Waals surface area contributed by atoms with Gasteiger partial charge >= 0.3 is 5.97 Å². The summed E-state index contributed by atoms with van der Waals surface area (Å²) in [6.07, 6.45) is 0. The van der Waals surface area contributed by atoms with Crippen LogP contribution in [0.3, 0.4) is 0 Å². The number of methoxy groups -OCH3 is 2. The minimum atomic E-state index is -0.482. The number of hydrogen-bond acceptors (Lipinski definition) is 4. The minimum Gasteiger partial charge on any atom is -0.493 e. The third-order valence-corrected chi connectivity index (χ3v) is 3.16. The largest absolute Gasteiger partial charge is 0.493 e. The van der Waals surface area contributed by atoms with Crippen molar-refractivity contribution in [3.8, 4) is 11.5 Å². The number of esters is 1. The zero-order chi connectivity index (χ0) is 15.2. The van der Waals surface area contributed by atoms with Crippen molar-refractivity contribution in [2.24, 2.45) is 0 Å². The molecule has 0 aliphatic heterocycles. The van der Waals surface area contributed by atoms with Gasteiger partial charge in [0.25, 0.3) is 0 Å². The van der Waals surface area contributed by atoms with Crippen LogP contribution < -0.4 is 9.47 Å². The summed E-state index contributed by atoms with van der Waals surface area (Å²) in [6, 6.07) is 12.7. The zero-order valence-electron chi connectivity index (χ0n) is 11.8. The van der Waals surface area contributed by atoms with Crippen LogP contribution in [-0.2, 0) is 11.3 Å². The van der Waals surface area contributed by atoms with Crippen molar-refractivity contribution in [3.63, 3.8) is 0 Å². The summed E-state index contributed by atoms with van der Waals surface area (Å²) in [5.41, 5.74) is 1.32. The van der Waals surface area contributed by atoms with Crippen molar-refractivity contribution in [1.29, 1.82) is 0 Å². The van der Waals surface area contributed by atoms with Gasteiger partial charge in [-0.05, 0) is 17.7 Å². The van der Waals surface area contributed by atoms with E-state index in [1.165, 1.54) is 26.4 Å². The van der Waals surface area contributed by atoms with Crippen molar-refractivity contribution in [2.45, 2.75) is 6.61 Å². The molecule has 0 radical (unpaired) electrons. The number of rotatable bonds is 5. The van der Waals surface area contributed by atoms with E-state index in [1.54, 1.807) is 0 Å². The maximum atomic E-state index is 11.5. The van der Waals surface area contributed by atoms with E-state index >= 15 is 0 Å². The smallest absolute Gasteiger partial charge is 0.338 e. The Balaban J connectivity index is 2.24. The molecule has 4 nitrogen and oxygen atoms in total. The average molecular weight is 307 g/mol. The lowest BCUT2D eigenvalue weighted by atomic mass is 10.2. The fourth-order valence-electron chi connectivity index (χ4n) is 1.83. The monoisotopic (exact) mass is 306 g/mol. The first-order valence-electron chi connectivity index (χ1n) is 6.28. The van der Waals surface area contributed by atoms with Gasteiger partial charge in [0.1, 0.15) is 6.61 Å². The molecule has 2 rings (SSSR count). The summed E-state index contributed by atoms with van der Waals surface area (Å²) in [5.74, 6) is 0.305. The molecule has 0 aliphatic carbocycles. The maximum absolute atomic E-state index is 11.5. The highest BCUT2D eigenvalue weighted by Gasteiger charge is 2.16. The first-order valence-corrected chi connectivity index (χ1v) is 6.66. The highest BCUT2D eigenvalue weighted by molar-refractivity contribution is 6.32. The Morgan fingerprint density at radius 3 is 2.48 bits per heavy atom. The van der Waals surface area contributed by atoms with Crippen molar-refractivity contribution in [3.05, 3.63) is 58.6 Å². The second kappa shape index (κ2) is 6.99. The number of carbonyl (C=O) groups is 1. The van der Waals surface area contributed by atoms with Gasteiger partial charge in [-0.1, -0.05) is 41.9 Å². The van der Waals surface area contributed by atoms with Crippen LogP contribution in [0.1, 0.15) is 15.9 Å². The first kappa shape index (κ1) is 15.2. The fourth-order valence-corrected chi connectivity index (χ4v) is 2.09. The normalized spacial score (nSPS) is 10.0. The van der Waals surface area contributed by atoms with Crippen LogP contribution >= 0.6 is 11.6 Å². The highest BCUT2D eigenvalue weighted by Crippen LogP contribution is 2.37. The Kier molecular flexibility index (Phi) is 5.06. The molecule has 0 saturated heterocycles. The van der Waals surface area contributed by atoms with Crippen LogP contribution in [0.15, 0.2) is 42.5 Å². The van der Waals surface area contributed by atoms with Gasteiger partial charge < -0.3 is 14.2 Å². The molecule has 2 aromatic carbocycles. The molecule has 5 heteroatoms. The van der Waals surface area contributed by atoms with E-state index in [1.807, 2.05) is 30.3 Å². The van der Waals surface area contributed by atoms with Crippen LogP contribution in [0.4, 0.5) is 0 Å². The summed E-state index contributed by atoms with van der Waals surface area (Å²) >= 11 is 6.17. The molecule has 0 spiro atoms. The number of halogens is 1. The zero-order valence-corrected chi connectivity index (χ0v) is 12.5. The van der Waals surface area contributed by atoms with Gasteiger partial charge in [-0.15, -0.1) is 0 Å². The Morgan fingerprint density at radius 2 is 1.86 bits per heavy atom. The van der Waals surface area contributed by atoms with Gasteiger partial charge in [0.15, 0.2) is 11.5 Å². The third kappa shape index (κ3) is 3.67. The molecule has 0 saturated carbocycles. The molecule has 110 valence electrons. The average Bonchev–Trinajstić information content (AvgIpc) is 2.53. The standard InChI is InChI=1S/C16H15ClO4/c1-19-14-9-12(16(18)20-2)8-13(17)15(14)21-10-11-6-4-3-5-7-11/h3-9H,10H2,1-2H3. The number of ether oxygens (including phenoxy) is 3. The van der Waals surface area contributed by atoms with Crippen molar-refractivity contribution in [1.82, 2.24) is 0 Å². The molecule has 0 aromatic heterocycles. The summed E-state index contributed by atoms with van der Waals surface area (Å²) in [7, 11) is 2.80. The van der Waals surface area contributed by atoms with E-state index in [0.29, 0.717) is 28.7 Å². The molecule has 2 aromatic rings. The lowest BCUT2D eigenvalue weighted by Gasteiger charge is -2.13. The molecule has 21 heavy (non-hydrogen) atoms. The predicted molar refractivity (Wildman–Crippen MR) is 80.1 cm³/mol. The topological polar surface area (TPSA) is 44.8 Å². The lowest BCUT2D eigenvalue weighted by Crippen LogP contribution is -2.04. The van der Waals surface area contributed by atoms with Crippen molar-refractivity contribution in [2.75, 3.05) is 14.2 Å². The Labute approximate surface area is 128 Å². The maximum Gasteiger partial charge on any atom is 0.338 e. The van der Waals surface area contributed by atoms with Gasteiger partial charge in [0, 0.05) is 0 Å². The van der Waals surface area contributed by atoms with Crippen LogP contribution in [0.5, 0.6) is 11.5 Å². The molecule has 0 amide bonds. The number of carbonyl (C=O) groups excluding carboxylic acids is 1. The van der Waals surface area contributed by atoms with Crippen LogP contribution in [0.25, 0.3) is 0 Å². The molecular weight excluding hydrogens is 292 g/mol. The molecule has 0 aliphatic rings.